The molecule has 3 N–H and O–H groups in total. The van der Waals surface area contributed by atoms with Crippen molar-refractivity contribution in [2.24, 2.45) is 11.7 Å². The highest BCUT2D eigenvalue weighted by molar-refractivity contribution is 5.99. The number of primary amides is 1. The fourth-order valence-electron chi connectivity index (χ4n) is 4.83. The number of hydrogen-bond acceptors (Lipinski definition) is 4. The minimum Gasteiger partial charge on any atom is -0.457 e. The van der Waals surface area contributed by atoms with Gasteiger partial charge in [-0.15, -0.1) is 0 Å². The summed E-state index contributed by atoms with van der Waals surface area (Å²) in [6.45, 7) is 3.39. The van der Waals surface area contributed by atoms with Crippen LogP contribution >= 0.6 is 0 Å². The van der Waals surface area contributed by atoms with Gasteiger partial charge >= 0.3 is 0 Å². The normalized spacial score (nSPS) is 17.6. The van der Waals surface area contributed by atoms with Crippen molar-refractivity contribution in [2.45, 2.75) is 19.3 Å². The minimum absolute atomic E-state index is 0.130. The summed E-state index contributed by atoms with van der Waals surface area (Å²) in [4.78, 5) is 31.6. The molecule has 1 aliphatic heterocycles. The maximum atomic E-state index is 12.6. The van der Waals surface area contributed by atoms with Crippen molar-refractivity contribution >= 4 is 17.5 Å². The first kappa shape index (κ1) is 21.2. The van der Waals surface area contributed by atoms with E-state index < -0.39 is 5.91 Å². The average molecular weight is 468 g/mol. The summed E-state index contributed by atoms with van der Waals surface area (Å²) in [5.41, 5.74) is 9.87. The number of fused-ring (bicyclic) bond motifs is 1. The molecule has 8 nitrogen and oxygen atoms in total. The van der Waals surface area contributed by atoms with Crippen LogP contribution in [0.5, 0.6) is 11.5 Å². The van der Waals surface area contributed by atoms with Crippen LogP contribution in [0.3, 0.4) is 0 Å². The van der Waals surface area contributed by atoms with Crippen molar-refractivity contribution < 1.29 is 14.3 Å². The fourth-order valence-corrected chi connectivity index (χ4v) is 4.83. The van der Waals surface area contributed by atoms with Crippen LogP contribution in [-0.4, -0.2) is 44.4 Å². The Labute approximate surface area is 202 Å². The summed E-state index contributed by atoms with van der Waals surface area (Å²) in [7, 11) is 0. The predicted octanol–water partition coefficient (Wildman–Crippen LogP) is 4.11. The molecule has 0 bridgehead atoms. The zero-order valence-corrected chi connectivity index (χ0v) is 19.3. The Morgan fingerprint density at radius 2 is 1.74 bits per heavy atom. The molecule has 4 aromatic rings. The fraction of sp³-hybridized carbons (Fsp3) is 0.222. The van der Waals surface area contributed by atoms with Crippen LogP contribution in [0.2, 0.25) is 0 Å². The number of ether oxygens (including phenoxy) is 1. The van der Waals surface area contributed by atoms with Gasteiger partial charge in [-0.3, -0.25) is 14.7 Å². The smallest absolute Gasteiger partial charge is 0.269 e. The van der Waals surface area contributed by atoms with E-state index in [2.05, 4.69) is 12.0 Å². The molecule has 2 aliphatic rings. The number of carbonyl (C=O) groups excluding carboxylic acids is 2. The van der Waals surface area contributed by atoms with E-state index in [1.54, 1.807) is 4.52 Å². The van der Waals surface area contributed by atoms with E-state index in [4.69, 9.17) is 15.5 Å². The van der Waals surface area contributed by atoms with Gasteiger partial charge in [0.25, 0.3) is 5.91 Å². The zero-order valence-electron chi connectivity index (χ0n) is 19.3. The summed E-state index contributed by atoms with van der Waals surface area (Å²) in [6, 6.07) is 16.9. The summed E-state index contributed by atoms with van der Waals surface area (Å²) in [5, 5.41) is 3.13. The number of hydrogen-bond donors (Lipinski definition) is 2. The Bertz CT molecular complexity index is 1460. The highest BCUT2D eigenvalue weighted by Crippen LogP contribution is 2.36. The van der Waals surface area contributed by atoms with Crippen LogP contribution in [0.25, 0.3) is 16.9 Å². The monoisotopic (exact) mass is 467 g/mol. The topological polar surface area (TPSA) is 106 Å². The van der Waals surface area contributed by atoms with Crippen LogP contribution in [0, 0.1) is 5.92 Å². The first-order valence-corrected chi connectivity index (χ1v) is 11.7. The number of aromatic nitrogens is 3. The van der Waals surface area contributed by atoms with E-state index in [1.807, 2.05) is 71.8 Å². The molecular weight excluding hydrogens is 442 g/mol. The van der Waals surface area contributed by atoms with E-state index >= 15 is 0 Å². The summed E-state index contributed by atoms with van der Waals surface area (Å²) < 4.78 is 7.51. The summed E-state index contributed by atoms with van der Waals surface area (Å²) in [6.07, 6.45) is 4.75. The van der Waals surface area contributed by atoms with E-state index in [0.717, 1.165) is 28.9 Å². The molecule has 1 aliphatic carbocycles. The lowest BCUT2D eigenvalue weighted by molar-refractivity contribution is -0.132. The number of benzene rings is 2. The van der Waals surface area contributed by atoms with Gasteiger partial charge in [0.2, 0.25) is 5.91 Å². The number of allylic oxidation sites excluding steroid dienone is 1. The van der Waals surface area contributed by atoms with E-state index in [1.165, 1.54) is 0 Å². The minimum atomic E-state index is -0.568. The molecule has 8 heteroatoms. The lowest BCUT2D eigenvalue weighted by atomic mass is 9.85. The number of imidazole rings is 1. The largest absolute Gasteiger partial charge is 0.457 e. The van der Waals surface area contributed by atoms with Crippen LogP contribution in [0.4, 0.5) is 0 Å². The molecule has 1 atom stereocenters. The number of carbonyl (C=O) groups is 2. The lowest BCUT2D eigenvalue weighted by Gasteiger charge is -2.40. The second kappa shape index (κ2) is 8.16. The molecule has 1 fully saturated rings. The van der Waals surface area contributed by atoms with Gasteiger partial charge in [-0.05, 0) is 48.7 Å². The number of para-hydroxylation sites is 1. The highest BCUT2D eigenvalue weighted by Gasteiger charge is 2.37. The summed E-state index contributed by atoms with van der Waals surface area (Å²) >= 11 is 0. The van der Waals surface area contributed by atoms with Gasteiger partial charge in [-0.1, -0.05) is 31.2 Å². The van der Waals surface area contributed by atoms with Crippen molar-refractivity contribution in [2.75, 3.05) is 13.1 Å². The number of aromatic amines is 1. The van der Waals surface area contributed by atoms with Gasteiger partial charge < -0.3 is 15.4 Å². The van der Waals surface area contributed by atoms with Crippen molar-refractivity contribution in [3.05, 3.63) is 83.7 Å². The number of nitrogens with zero attached hydrogens (tertiary/aromatic N) is 3. The van der Waals surface area contributed by atoms with E-state index in [-0.39, 0.29) is 11.8 Å². The van der Waals surface area contributed by atoms with Crippen LogP contribution < -0.4 is 10.5 Å². The van der Waals surface area contributed by atoms with Gasteiger partial charge in [0.05, 0.1) is 0 Å². The van der Waals surface area contributed by atoms with Gasteiger partial charge in [0.1, 0.15) is 17.2 Å². The molecule has 0 saturated carbocycles. The first-order chi connectivity index (χ1) is 17.0. The van der Waals surface area contributed by atoms with Gasteiger partial charge in [0.15, 0.2) is 11.3 Å². The molecule has 0 radical (unpaired) electrons. The van der Waals surface area contributed by atoms with E-state index in [0.29, 0.717) is 41.8 Å². The molecule has 0 spiro atoms. The second-order valence-electron chi connectivity index (χ2n) is 9.28. The molecule has 2 aromatic heterocycles. The third-order valence-corrected chi connectivity index (χ3v) is 6.74. The van der Waals surface area contributed by atoms with Crippen molar-refractivity contribution in [3.63, 3.8) is 0 Å². The number of nitrogens with one attached hydrogen (secondary N) is 1. The third kappa shape index (κ3) is 3.67. The van der Waals surface area contributed by atoms with Gasteiger partial charge in [0, 0.05) is 41.9 Å². The Hall–Kier alpha value is -4.33. The maximum absolute atomic E-state index is 12.6. The molecule has 1 unspecified atom stereocenters. The Morgan fingerprint density at radius 1 is 1.06 bits per heavy atom. The molecule has 176 valence electrons. The Morgan fingerprint density at radius 3 is 2.40 bits per heavy atom. The summed E-state index contributed by atoms with van der Waals surface area (Å²) in [5.74, 6) is 1.64. The van der Waals surface area contributed by atoms with Crippen molar-refractivity contribution in [1.82, 2.24) is 19.5 Å². The van der Waals surface area contributed by atoms with Crippen LogP contribution in [0.15, 0.2) is 72.4 Å². The Kier molecular flexibility index (Phi) is 4.95. The molecule has 6 rings (SSSR count). The molecule has 2 aromatic carbocycles. The molecular formula is C27H25N5O3. The SMILES string of the molecule is CC1C=C(C(=O)N2CC(c3c[nH]n4c(C(N)=O)c(-c5ccc(Oc6ccccc6)cc5)nc34)C2)C1. The molecule has 3 heterocycles. The lowest BCUT2D eigenvalue weighted by Crippen LogP contribution is -2.49. The third-order valence-electron chi connectivity index (χ3n) is 6.74. The van der Waals surface area contributed by atoms with Crippen LogP contribution in [-0.2, 0) is 4.79 Å². The number of amides is 2. The first-order valence-electron chi connectivity index (χ1n) is 11.7. The molecule has 2 amide bonds. The number of likely N-dealkylation sites (tertiary alicyclic amines) is 1. The standard InChI is InChI=1S/C27H25N5O3/c1-16-11-18(12-16)27(34)31-14-19(15-31)22-13-29-32-24(25(28)33)23(30-26(22)32)17-7-9-21(10-8-17)35-20-5-3-2-4-6-20/h2-11,13,16,19,29H,12,14-15H2,1H3,(H2,28,33). The number of H-pyrrole nitrogens is 1. The van der Waals surface area contributed by atoms with E-state index in [9.17, 15) is 9.59 Å². The molecule has 35 heavy (non-hydrogen) atoms. The van der Waals surface area contributed by atoms with Gasteiger partial charge in [-0.2, -0.15) is 0 Å². The molecule has 1 saturated heterocycles. The van der Waals surface area contributed by atoms with Gasteiger partial charge in [-0.25, -0.2) is 9.50 Å². The van der Waals surface area contributed by atoms with Crippen molar-refractivity contribution in [1.29, 1.82) is 0 Å². The average Bonchev–Trinajstić information content (AvgIpc) is 3.37. The quantitative estimate of drug-likeness (QED) is 0.445. The zero-order chi connectivity index (χ0) is 24.1. The van der Waals surface area contributed by atoms with Crippen molar-refractivity contribution in [3.8, 4) is 22.8 Å². The number of rotatable bonds is 6. The maximum Gasteiger partial charge on any atom is 0.269 e. The Balaban J connectivity index is 1.26. The second-order valence-corrected chi connectivity index (χ2v) is 9.28. The highest BCUT2D eigenvalue weighted by atomic mass is 16.5. The predicted molar refractivity (Wildman–Crippen MR) is 131 cm³/mol. The number of nitrogens with two attached hydrogens (primary N) is 1. The van der Waals surface area contributed by atoms with Crippen LogP contribution in [0.1, 0.15) is 35.3 Å².